The first-order valence-corrected chi connectivity index (χ1v) is 22.3. The van der Waals surface area contributed by atoms with Crippen molar-refractivity contribution in [2.75, 3.05) is 50.8 Å². The molecule has 6 aliphatic heterocycles. The van der Waals surface area contributed by atoms with E-state index in [-0.39, 0.29) is 41.1 Å². The van der Waals surface area contributed by atoms with E-state index in [1.165, 1.54) is 33.5 Å². The molecule has 0 saturated carbocycles. The van der Waals surface area contributed by atoms with E-state index in [4.69, 9.17) is 9.47 Å². The van der Waals surface area contributed by atoms with Gasteiger partial charge in [0.05, 0.1) is 18.8 Å². The molecule has 1 unspecified atom stereocenters. The molecule has 4 saturated heterocycles. The molecule has 0 bridgehead atoms. The maximum Gasteiger partial charge on any atom is 0.255 e. The van der Waals surface area contributed by atoms with Gasteiger partial charge in [0.2, 0.25) is 11.8 Å². The summed E-state index contributed by atoms with van der Waals surface area (Å²) in [5.74, 6) is 1.52. The Morgan fingerprint density at radius 1 is 0.800 bits per heavy atom. The lowest BCUT2D eigenvalue weighted by atomic mass is 9.69. The number of anilines is 1. The number of aromatic hydroxyl groups is 1. The monoisotopic (exact) mass is 806 g/mol. The summed E-state index contributed by atoms with van der Waals surface area (Å²) in [4.78, 5) is 44.5. The number of phenols is 1. The highest BCUT2D eigenvalue weighted by molar-refractivity contribution is 6.05. The Bertz CT molecular complexity index is 2330. The number of nitrogens with one attached hydrogen (secondary N) is 1. The number of hydrogen-bond acceptors (Lipinski definition) is 8. The largest absolute Gasteiger partial charge is 0.508 e. The summed E-state index contributed by atoms with van der Waals surface area (Å²) in [5, 5.41) is 12.7. The number of ether oxygens (including phenoxy) is 2. The third-order valence-corrected chi connectivity index (χ3v) is 15.4. The molecule has 10 nitrogen and oxygen atoms in total. The topological polar surface area (TPSA) is 112 Å². The number of carbonyl (C=O) groups is 3. The van der Waals surface area contributed by atoms with E-state index in [9.17, 15) is 19.5 Å². The van der Waals surface area contributed by atoms with Crippen molar-refractivity contribution in [2.45, 2.75) is 93.2 Å². The lowest BCUT2D eigenvalue weighted by Gasteiger charge is -2.41. The van der Waals surface area contributed by atoms with E-state index in [2.05, 4.69) is 81.8 Å². The van der Waals surface area contributed by atoms with Gasteiger partial charge in [-0.3, -0.25) is 19.7 Å². The van der Waals surface area contributed by atoms with Crippen molar-refractivity contribution in [3.8, 4) is 11.5 Å². The predicted molar refractivity (Wildman–Crippen MR) is 227 cm³/mol. The smallest absolute Gasteiger partial charge is 0.255 e. The molecule has 4 fully saturated rings. The van der Waals surface area contributed by atoms with Gasteiger partial charge in [0, 0.05) is 60.7 Å². The van der Waals surface area contributed by atoms with Crippen molar-refractivity contribution in [1.82, 2.24) is 15.1 Å². The van der Waals surface area contributed by atoms with Crippen molar-refractivity contribution in [2.24, 2.45) is 5.92 Å². The van der Waals surface area contributed by atoms with E-state index in [1.54, 1.807) is 4.90 Å². The van der Waals surface area contributed by atoms with Crippen LogP contribution >= 0.6 is 0 Å². The molecule has 0 radical (unpaired) electrons. The minimum absolute atomic E-state index is 0.0316. The number of piperidine rings is 3. The normalized spacial score (nSPS) is 26.8. The van der Waals surface area contributed by atoms with Gasteiger partial charge in [0.1, 0.15) is 17.5 Å². The van der Waals surface area contributed by atoms with Crippen molar-refractivity contribution < 1.29 is 29.0 Å². The number of nitrogens with zero attached hydrogens (tertiary/aromatic N) is 3. The summed E-state index contributed by atoms with van der Waals surface area (Å²) < 4.78 is 13.0. The van der Waals surface area contributed by atoms with E-state index in [0.29, 0.717) is 42.7 Å². The fraction of sp³-hybridized carbons (Fsp3) is 0.460. The van der Waals surface area contributed by atoms with Gasteiger partial charge >= 0.3 is 0 Å². The molecule has 1 aliphatic carbocycles. The molecule has 11 rings (SSSR count). The molecule has 4 aromatic rings. The van der Waals surface area contributed by atoms with E-state index >= 15 is 0 Å². The van der Waals surface area contributed by atoms with Crippen LogP contribution in [0.15, 0.2) is 84.9 Å². The molecule has 4 aromatic carbocycles. The number of aryl methyl sites for hydroxylation is 1. The number of benzene rings is 4. The number of fused-ring (bicyclic) bond motifs is 4. The van der Waals surface area contributed by atoms with E-state index < -0.39 is 6.04 Å². The number of phenolic OH excluding ortho intramolecular Hbond substituents is 1. The lowest BCUT2D eigenvalue weighted by molar-refractivity contribution is -0.136. The summed E-state index contributed by atoms with van der Waals surface area (Å²) in [7, 11) is 0. The second-order valence-corrected chi connectivity index (χ2v) is 18.8. The number of rotatable bonds is 6. The van der Waals surface area contributed by atoms with Gasteiger partial charge in [-0.15, -0.1) is 0 Å². The molecular formula is C50H54N4O6. The minimum Gasteiger partial charge on any atom is -0.508 e. The SMILES string of the molecule is O=C1CC[C@H](N2Cc3cc4c(cc3C2=O)OCC42CCN(CC3COC4(CCN(c5ccc([C@H]6c7ccc(O)cc7CC[C@H]6c6ccccc6)cc5)CC4)C3)CC2)C(=O)N1. The number of carbonyl (C=O) groups excluding carboxylic acids is 3. The van der Waals surface area contributed by atoms with Gasteiger partial charge in [-0.05, 0) is 141 Å². The first kappa shape index (κ1) is 37.8. The Labute approximate surface area is 351 Å². The number of amides is 3. The van der Waals surface area contributed by atoms with Crippen LogP contribution in [0.25, 0.3) is 0 Å². The molecule has 6 heterocycles. The van der Waals surface area contributed by atoms with Crippen LogP contribution in [0.5, 0.6) is 11.5 Å². The van der Waals surface area contributed by atoms with Crippen LogP contribution in [0.2, 0.25) is 0 Å². The van der Waals surface area contributed by atoms with Gasteiger partial charge in [-0.1, -0.05) is 48.5 Å². The van der Waals surface area contributed by atoms with Gasteiger partial charge < -0.3 is 29.3 Å². The number of likely N-dealkylation sites (tertiary alicyclic amines) is 1. The first-order chi connectivity index (χ1) is 29.2. The molecule has 3 amide bonds. The maximum absolute atomic E-state index is 13.4. The molecule has 7 aliphatic rings. The summed E-state index contributed by atoms with van der Waals surface area (Å²) in [5.41, 5.74) is 9.28. The summed E-state index contributed by atoms with van der Waals surface area (Å²) >= 11 is 0. The Morgan fingerprint density at radius 2 is 1.60 bits per heavy atom. The van der Waals surface area contributed by atoms with Gasteiger partial charge in [-0.25, -0.2) is 0 Å². The third-order valence-electron chi connectivity index (χ3n) is 15.4. The van der Waals surface area contributed by atoms with Crippen LogP contribution in [-0.4, -0.2) is 90.2 Å². The van der Waals surface area contributed by atoms with Crippen LogP contribution in [0, 0.1) is 5.92 Å². The molecule has 310 valence electrons. The zero-order chi connectivity index (χ0) is 40.6. The Balaban J connectivity index is 0.696. The Hall–Kier alpha value is -5.19. The fourth-order valence-corrected chi connectivity index (χ4v) is 12.1. The molecule has 60 heavy (non-hydrogen) atoms. The summed E-state index contributed by atoms with van der Waals surface area (Å²) in [6.45, 7) is 6.94. The van der Waals surface area contributed by atoms with Crippen molar-refractivity contribution in [3.63, 3.8) is 0 Å². The highest BCUT2D eigenvalue weighted by Gasteiger charge is 2.48. The molecule has 0 aromatic heterocycles. The number of hydrogen-bond donors (Lipinski definition) is 2. The molecule has 4 atom stereocenters. The second kappa shape index (κ2) is 14.8. The Morgan fingerprint density at radius 3 is 2.38 bits per heavy atom. The van der Waals surface area contributed by atoms with Crippen LogP contribution < -0.4 is 15.0 Å². The van der Waals surface area contributed by atoms with Gasteiger partial charge in [-0.2, -0.15) is 0 Å². The highest BCUT2D eigenvalue weighted by atomic mass is 16.5. The average molecular weight is 807 g/mol. The van der Waals surface area contributed by atoms with Gasteiger partial charge in [0.25, 0.3) is 5.91 Å². The highest BCUT2D eigenvalue weighted by Crippen LogP contribution is 2.50. The first-order valence-electron chi connectivity index (χ1n) is 22.3. The van der Waals surface area contributed by atoms with E-state index in [0.717, 1.165) is 95.6 Å². The number of imide groups is 1. The molecular weight excluding hydrogens is 753 g/mol. The lowest BCUT2D eigenvalue weighted by Crippen LogP contribution is -2.52. The zero-order valence-corrected chi connectivity index (χ0v) is 34.2. The summed E-state index contributed by atoms with van der Waals surface area (Å²) in [6, 6.07) is 29.7. The van der Waals surface area contributed by atoms with Crippen LogP contribution in [0.4, 0.5) is 5.69 Å². The Kier molecular flexibility index (Phi) is 9.30. The van der Waals surface area contributed by atoms with E-state index in [1.807, 2.05) is 18.2 Å². The molecule has 10 heteroatoms. The standard InChI is InChI=1S/C50H54N4O6/c55-38-11-13-40-35(24-38)8-12-39(33-4-2-1-3-5-33)46(40)34-6-9-37(10-7-34)53-22-18-50(19-23-53)27-32(30-60-50)28-52-20-16-49(17-21-52)31-59-44-26-41-36(25-42(44)49)29-54(48(41)58)43-14-15-45(56)51-47(43)57/h1-7,9-11,13,24-26,32,39,43,46,55H,8,12,14-23,27-31H2,(H,51,56,57)/t32?,39-,43-,46+/m0/s1. The van der Waals surface area contributed by atoms with Crippen molar-refractivity contribution >= 4 is 23.4 Å². The average Bonchev–Trinajstić information content (AvgIpc) is 3.93. The van der Waals surface area contributed by atoms with Crippen molar-refractivity contribution in [1.29, 1.82) is 0 Å². The summed E-state index contributed by atoms with van der Waals surface area (Å²) in [6.07, 6.45) is 7.89. The minimum atomic E-state index is -0.613. The van der Waals surface area contributed by atoms with Crippen LogP contribution in [0.3, 0.4) is 0 Å². The fourth-order valence-electron chi connectivity index (χ4n) is 12.1. The van der Waals surface area contributed by atoms with Gasteiger partial charge in [0.15, 0.2) is 0 Å². The van der Waals surface area contributed by atoms with Crippen LogP contribution in [-0.2, 0) is 32.7 Å². The zero-order valence-electron chi connectivity index (χ0n) is 34.2. The second-order valence-electron chi connectivity index (χ2n) is 18.8. The maximum atomic E-state index is 13.4. The van der Waals surface area contributed by atoms with Crippen LogP contribution in [0.1, 0.15) is 107 Å². The predicted octanol–water partition coefficient (Wildman–Crippen LogP) is 6.82. The van der Waals surface area contributed by atoms with Crippen molar-refractivity contribution in [3.05, 3.63) is 124 Å². The molecule has 2 spiro atoms. The molecule has 2 N–H and O–H groups in total. The quantitative estimate of drug-likeness (QED) is 0.205. The third kappa shape index (κ3) is 6.58.